The summed E-state index contributed by atoms with van der Waals surface area (Å²) in [4.78, 5) is 5.96. The molecule has 1 N–H and O–H groups in total. The summed E-state index contributed by atoms with van der Waals surface area (Å²) in [6, 6.07) is 6.92. The smallest absolute Gasteiger partial charge is 0.163 e. The zero-order chi connectivity index (χ0) is 17.8. The Labute approximate surface area is 144 Å². The zero-order valence-corrected chi connectivity index (χ0v) is 13.9. The van der Waals surface area contributed by atoms with E-state index in [0.717, 1.165) is 0 Å². The van der Waals surface area contributed by atoms with Gasteiger partial charge in [-0.3, -0.25) is 9.88 Å². The van der Waals surface area contributed by atoms with E-state index >= 15 is 0 Å². The third-order valence-electron chi connectivity index (χ3n) is 4.22. The predicted octanol–water partition coefficient (Wildman–Crippen LogP) is 2.38. The van der Waals surface area contributed by atoms with Crippen molar-refractivity contribution in [1.29, 1.82) is 0 Å². The first-order valence-corrected chi connectivity index (χ1v) is 8.07. The van der Waals surface area contributed by atoms with Crippen LogP contribution in [0.2, 0.25) is 0 Å². The number of aliphatic hydroxyl groups excluding tert-OH is 1. The minimum absolute atomic E-state index is 0.283. The molecule has 1 fully saturated rings. The van der Waals surface area contributed by atoms with Crippen molar-refractivity contribution in [3.05, 3.63) is 53.9 Å². The Balaban J connectivity index is 1.61. The SMILES string of the molecule is COc1cc(F)ccc1O[C@@H]1CCN(Cc2ncccc2F)C[C@H]1O. The van der Waals surface area contributed by atoms with Gasteiger partial charge >= 0.3 is 0 Å². The molecule has 1 aliphatic heterocycles. The van der Waals surface area contributed by atoms with Crippen molar-refractivity contribution >= 4 is 0 Å². The number of β-amino-alcohol motifs (C(OH)–C–C–N with tert-alkyl or cyclic N) is 1. The number of methoxy groups -OCH3 is 1. The Hall–Kier alpha value is -2.25. The molecule has 2 atom stereocenters. The lowest BCUT2D eigenvalue weighted by atomic mass is 10.0. The largest absolute Gasteiger partial charge is 0.493 e. The Kier molecular flexibility index (Phi) is 5.45. The zero-order valence-electron chi connectivity index (χ0n) is 13.9. The summed E-state index contributed by atoms with van der Waals surface area (Å²) >= 11 is 0. The van der Waals surface area contributed by atoms with Gasteiger partial charge in [-0.1, -0.05) is 0 Å². The number of hydrogen-bond acceptors (Lipinski definition) is 5. The fourth-order valence-electron chi connectivity index (χ4n) is 2.91. The molecule has 25 heavy (non-hydrogen) atoms. The molecule has 0 saturated carbocycles. The van der Waals surface area contributed by atoms with Crippen molar-refractivity contribution in [2.45, 2.75) is 25.2 Å². The highest BCUT2D eigenvalue weighted by Gasteiger charge is 2.30. The highest BCUT2D eigenvalue weighted by molar-refractivity contribution is 5.40. The quantitative estimate of drug-likeness (QED) is 0.897. The van der Waals surface area contributed by atoms with E-state index in [0.29, 0.717) is 37.5 Å². The molecule has 0 unspecified atom stereocenters. The second kappa shape index (κ2) is 7.76. The van der Waals surface area contributed by atoms with E-state index in [2.05, 4.69) is 4.98 Å². The molecular weight excluding hydrogens is 330 g/mol. The van der Waals surface area contributed by atoms with E-state index in [-0.39, 0.29) is 11.6 Å². The topological polar surface area (TPSA) is 54.8 Å². The van der Waals surface area contributed by atoms with Crippen LogP contribution < -0.4 is 9.47 Å². The molecular formula is C18H20F2N2O3. The second-order valence-corrected chi connectivity index (χ2v) is 5.97. The summed E-state index contributed by atoms with van der Waals surface area (Å²) in [6.45, 7) is 1.29. The molecule has 0 amide bonds. The molecule has 0 aliphatic carbocycles. The van der Waals surface area contributed by atoms with Crippen molar-refractivity contribution in [1.82, 2.24) is 9.88 Å². The van der Waals surface area contributed by atoms with Gasteiger partial charge in [-0.2, -0.15) is 0 Å². The fourth-order valence-corrected chi connectivity index (χ4v) is 2.91. The first kappa shape index (κ1) is 17.6. The van der Waals surface area contributed by atoms with Crippen LogP contribution in [0.3, 0.4) is 0 Å². The van der Waals surface area contributed by atoms with Crippen molar-refractivity contribution in [3.63, 3.8) is 0 Å². The average molecular weight is 350 g/mol. The molecule has 3 rings (SSSR count). The maximum absolute atomic E-state index is 13.7. The molecule has 0 spiro atoms. The Bertz CT molecular complexity index is 729. The highest BCUT2D eigenvalue weighted by Crippen LogP contribution is 2.30. The van der Waals surface area contributed by atoms with E-state index in [1.165, 1.54) is 31.4 Å². The third kappa shape index (κ3) is 4.24. The molecule has 2 heterocycles. The van der Waals surface area contributed by atoms with E-state index < -0.39 is 18.0 Å². The molecule has 1 aromatic carbocycles. The summed E-state index contributed by atoms with van der Waals surface area (Å²) in [5.41, 5.74) is 0.356. The van der Waals surface area contributed by atoms with Gasteiger partial charge < -0.3 is 14.6 Å². The molecule has 134 valence electrons. The monoisotopic (exact) mass is 350 g/mol. The number of pyridine rings is 1. The fraction of sp³-hybridized carbons (Fsp3) is 0.389. The number of benzene rings is 1. The van der Waals surface area contributed by atoms with Gasteiger partial charge in [-0.05, 0) is 30.7 Å². The van der Waals surface area contributed by atoms with Crippen LogP contribution in [0.4, 0.5) is 8.78 Å². The molecule has 2 aromatic rings. The van der Waals surface area contributed by atoms with Gasteiger partial charge in [0.05, 0.1) is 12.8 Å². The minimum Gasteiger partial charge on any atom is -0.493 e. The molecule has 1 aromatic heterocycles. The van der Waals surface area contributed by atoms with Crippen LogP contribution in [0.5, 0.6) is 11.5 Å². The predicted molar refractivity (Wildman–Crippen MR) is 87.5 cm³/mol. The lowest BCUT2D eigenvalue weighted by Crippen LogP contribution is -2.48. The lowest BCUT2D eigenvalue weighted by molar-refractivity contribution is -0.0288. The highest BCUT2D eigenvalue weighted by atomic mass is 19.1. The van der Waals surface area contributed by atoms with Crippen LogP contribution in [0.15, 0.2) is 36.5 Å². The summed E-state index contributed by atoms with van der Waals surface area (Å²) in [5.74, 6) is -0.106. The van der Waals surface area contributed by atoms with Crippen LogP contribution in [0, 0.1) is 11.6 Å². The molecule has 1 aliphatic rings. The maximum Gasteiger partial charge on any atom is 0.163 e. The molecule has 0 bridgehead atoms. The number of halogens is 2. The van der Waals surface area contributed by atoms with Crippen molar-refractivity contribution in [3.8, 4) is 11.5 Å². The molecule has 7 heteroatoms. The second-order valence-electron chi connectivity index (χ2n) is 5.97. The summed E-state index contributed by atoms with van der Waals surface area (Å²) in [7, 11) is 1.43. The van der Waals surface area contributed by atoms with Gasteiger partial charge in [0.15, 0.2) is 11.5 Å². The van der Waals surface area contributed by atoms with Crippen LogP contribution in [0.25, 0.3) is 0 Å². The van der Waals surface area contributed by atoms with Crippen LogP contribution >= 0.6 is 0 Å². The van der Waals surface area contributed by atoms with Crippen molar-refractivity contribution in [2.24, 2.45) is 0 Å². The van der Waals surface area contributed by atoms with Crippen molar-refractivity contribution in [2.75, 3.05) is 20.2 Å². The van der Waals surface area contributed by atoms with Crippen LogP contribution in [-0.2, 0) is 6.54 Å². The minimum atomic E-state index is -0.754. The number of nitrogens with zero attached hydrogens (tertiary/aromatic N) is 2. The number of ether oxygens (including phenoxy) is 2. The van der Waals surface area contributed by atoms with E-state index in [1.807, 2.05) is 4.90 Å². The van der Waals surface area contributed by atoms with Crippen molar-refractivity contribution < 1.29 is 23.4 Å². The van der Waals surface area contributed by atoms with Gasteiger partial charge in [0.25, 0.3) is 0 Å². The summed E-state index contributed by atoms with van der Waals surface area (Å²) < 4.78 is 37.9. The summed E-state index contributed by atoms with van der Waals surface area (Å²) in [6.07, 6.45) is 0.904. The van der Waals surface area contributed by atoms with Gasteiger partial charge in [0.1, 0.15) is 23.8 Å². The van der Waals surface area contributed by atoms with E-state index in [9.17, 15) is 13.9 Å². The molecule has 0 radical (unpaired) electrons. The average Bonchev–Trinajstić information content (AvgIpc) is 2.60. The molecule has 5 nitrogen and oxygen atoms in total. The first-order chi connectivity index (χ1) is 12.1. The number of hydrogen-bond donors (Lipinski definition) is 1. The van der Waals surface area contributed by atoms with Gasteiger partial charge in [-0.15, -0.1) is 0 Å². The Morgan fingerprint density at radius 1 is 1.28 bits per heavy atom. The Morgan fingerprint density at radius 3 is 2.84 bits per heavy atom. The van der Waals surface area contributed by atoms with Crippen LogP contribution in [0.1, 0.15) is 12.1 Å². The van der Waals surface area contributed by atoms with E-state index in [4.69, 9.17) is 9.47 Å². The Morgan fingerprint density at radius 2 is 2.12 bits per heavy atom. The maximum atomic E-state index is 13.7. The van der Waals surface area contributed by atoms with Gasteiger partial charge in [0.2, 0.25) is 0 Å². The van der Waals surface area contributed by atoms with E-state index in [1.54, 1.807) is 12.3 Å². The van der Waals surface area contributed by atoms with Gasteiger partial charge in [0, 0.05) is 31.9 Å². The van der Waals surface area contributed by atoms with Crippen LogP contribution in [-0.4, -0.2) is 47.4 Å². The number of rotatable bonds is 5. The first-order valence-electron chi connectivity index (χ1n) is 8.07. The summed E-state index contributed by atoms with van der Waals surface area (Å²) in [5, 5.41) is 10.4. The lowest BCUT2D eigenvalue weighted by Gasteiger charge is -2.35. The normalized spacial score (nSPS) is 21.1. The number of aliphatic hydroxyl groups is 1. The third-order valence-corrected chi connectivity index (χ3v) is 4.22. The number of likely N-dealkylation sites (tertiary alicyclic amines) is 1. The standard InChI is InChI=1S/C18H20F2N2O3/c1-24-18-9-12(19)4-5-17(18)25-16-6-8-22(11-15(16)23)10-14-13(20)3-2-7-21-14/h2-5,7,9,15-16,23H,6,8,10-11H2,1H3/t15-,16-/m1/s1. The number of piperidine rings is 1. The van der Waals surface area contributed by atoms with Gasteiger partial charge in [-0.25, -0.2) is 8.78 Å². The molecule has 1 saturated heterocycles. The number of aromatic nitrogens is 1.